The minimum atomic E-state index is -0.326. The van der Waals surface area contributed by atoms with E-state index in [1.54, 1.807) is 26.4 Å². The number of ether oxygens (including phenoxy) is 3. The molecular formula is C21H22N2O4S. The first-order chi connectivity index (χ1) is 13.6. The van der Waals surface area contributed by atoms with Crippen LogP contribution in [0.2, 0.25) is 0 Å². The maximum atomic E-state index is 12.1. The summed E-state index contributed by atoms with van der Waals surface area (Å²) in [5.74, 6) is 0.878. The zero-order valence-electron chi connectivity index (χ0n) is 16.0. The van der Waals surface area contributed by atoms with Crippen molar-refractivity contribution < 1.29 is 19.0 Å². The second kappa shape index (κ2) is 9.23. The monoisotopic (exact) mass is 398 g/mol. The average Bonchev–Trinajstić information content (AvgIpc) is 3.15. The van der Waals surface area contributed by atoms with Crippen molar-refractivity contribution in [3.05, 3.63) is 64.7 Å². The van der Waals surface area contributed by atoms with E-state index < -0.39 is 0 Å². The molecule has 0 amide bonds. The first kappa shape index (κ1) is 19.7. The summed E-state index contributed by atoms with van der Waals surface area (Å²) in [4.78, 5) is 16.6. The van der Waals surface area contributed by atoms with Gasteiger partial charge < -0.3 is 19.5 Å². The molecule has 1 aromatic heterocycles. The molecule has 1 heterocycles. The zero-order chi connectivity index (χ0) is 19.9. The minimum Gasteiger partial charge on any atom is -0.493 e. The van der Waals surface area contributed by atoms with E-state index in [1.807, 2.05) is 42.6 Å². The smallest absolute Gasteiger partial charge is 0.310 e. The van der Waals surface area contributed by atoms with Crippen LogP contribution in [-0.4, -0.2) is 25.2 Å². The second-order valence-corrected chi connectivity index (χ2v) is 7.02. The summed E-state index contributed by atoms with van der Waals surface area (Å²) >= 11 is 1.47. The van der Waals surface area contributed by atoms with Gasteiger partial charge >= 0.3 is 5.97 Å². The normalized spacial score (nSPS) is 10.4. The van der Waals surface area contributed by atoms with Gasteiger partial charge in [-0.3, -0.25) is 4.79 Å². The number of nitrogens with one attached hydrogen (secondary N) is 1. The van der Waals surface area contributed by atoms with Crippen LogP contribution in [0, 0.1) is 6.92 Å². The molecule has 0 fully saturated rings. The number of methoxy groups -OCH3 is 2. The SMILES string of the molecule is COc1ccc(CC(=O)OCc2csc(Nc3ccc(C)cc3)n2)cc1OC. The Balaban J connectivity index is 1.52. The van der Waals surface area contributed by atoms with Crippen molar-refractivity contribution in [2.24, 2.45) is 0 Å². The number of nitrogens with zero attached hydrogens (tertiary/aromatic N) is 1. The lowest BCUT2D eigenvalue weighted by molar-refractivity contribution is -0.144. The predicted molar refractivity (Wildman–Crippen MR) is 110 cm³/mol. The summed E-state index contributed by atoms with van der Waals surface area (Å²) in [6, 6.07) is 13.4. The molecule has 7 heteroatoms. The maximum Gasteiger partial charge on any atom is 0.310 e. The number of esters is 1. The topological polar surface area (TPSA) is 69.7 Å². The van der Waals surface area contributed by atoms with Crippen LogP contribution in [-0.2, 0) is 22.6 Å². The molecule has 146 valence electrons. The summed E-state index contributed by atoms with van der Waals surface area (Å²) < 4.78 is 15.8. The number of carbonyl (C=O) groups excluding carboxylic acids is 1. The van der Waals surface area contributed by atoms with Crippen LogP contribution in [0.3, 0.4) is 0 Å². The zero-order valence-corrected chi connectivity index (χ0v) is 16.8. The van der Waals surface area contributed by atoms with Crippen LogP contribution < -0.4 is 14.8 Å². The van der Waals surface area contributed by atoms with Crippen molar-refractivity contribution >= 4 is 28.1 Å². The van der Waals surface area contributed by atoms with Crippen molar-refractivity contribution in [3.8, 4) is 11.5 Å². The van der Waals surface area contributed by atoms with Gasteiger partial charge in [0.05, 0.1) is 26.3 Å². The highest BCUT2D eigenvalue weighted by Gasteiger charge is 2.11. The van der Waals surface area contributed by atoms with Gasteiger partial charge in [0.2, 0.25) is 0 Å². The third-order valence-electron chi connectivity index (χ3n) is 4.03. The summed E-state index contributed by atoms with van der Waals surface area (Å²) in [7, 11) is 3.13. The van der Waals surface area contributed by atoms with Gasteiger partial charge in [-0.2, -0.15) is 0 Å². The molecule has 0 aliphatic carbocycles. The Morgan fingerprint density at radius 2 is 1.82 bits per heavy atom. The lowest BCUT2D eigenvalue weighted by atomic mass is 10.1. The number of hydrogen-bond acceptors (Lipinski definition) is 7. The summed E-state index contributed by atoms with van der Waals surface area (Å²) in [6.07, 6.45) is 0.152. The molecular weight excluding hydrogens is 376 g/mol. The molecule has 0 saturated heterocycles. The third-order valence-corrected chi connectivity index (χ3v) is 4.84. The molecule has 0 saturated carbocycles. The van der Waals surface area contributed by atoms with Gasteiger partial charge in [0.15, 0.2) is 16.6 Å². The van der Waals surface area contributed by atoms with Crippen LogP contribution >= 0.6 is 11.3 Å². The van der Waals surface area contributed by atoms with Gasteiger partial charge in [0, 0.05) is 11.1 Å². The highest BCUT2D eigenvalue weighted by Crippen LogP contribution is 2.28. The van der Waals surface area contributed by atoms with E-state index in [0.29, 0.717) is 17.2 Å². The molecule has 0 aliphatic heterocycles. The molecule has 0 bridgehead atoms. The van der Waals surface area contributed by atoms with E-state index in [2.05, 4.69) is 10.3 Å². The molecule has 0 radical (unpaired) electrons. The standard InChI is InChI=1S/C21H22N2O4S/c1-14-4-7-16(8-5-14)22-21-23-17(13-28-21)12-27-20(24)11-15-6-9-18(25-2)19(10-15)26-3/h4-10,13H,11-12H2,1-3H3,(H,22,23). The first-order valence-electron chi connectivity index (χ1n) is 8.72. The number of carbonyl (C=O) groups is 1. The van der Waals surface area contributed by atoms with Crippen LogP contribution in [0.15, 0.2) is 47.8 Å². The molecule has 2 aromatic carbocycles. The number of aromatic nitrogens is 1. The second-order valence-electron chi connectivity index (χ2n) is 6.16. The van der Waals surface area contributed by atoms with Crippen molar-refractivity contribution in [1.29, 1.82) is 0 Å². The molecule has 28 heavy (non-hydrogen) atoms. The molecule has 0 atom stereocenters. The van der Waals surface area contributed by atoms with E-state index in [4.69, 9.17) is 14.2 Å². The number of aryl methyl sites for hydroxylation is 1. The fourth-order valence-electron chi connectivity index (χ4n) is 2.55. The Kier molecular flexibility index (Phi) is 6.49. The molecule has 6 nitrogen and oxygen atoms in total. The van der Waals surface area contributed by atoms with Crippen LogP contribution in [0.4, 0.5) is 10.8 Å². The number of benzene rings is 2. The summed E-state index contributed by atoms with van der Waals surface area (Å²) in [5, 5.41) is 5.88. The van der Waals surface area contributed by atoms with E-state index in [-0.39, 0.29) is 19.0 Å². The summed E-state index contributed by atoms with van der Waals surface area (Å²) in [5.41, 5.74) is 3.67. The maximum absolute atomic E-state index is 12.1. The fraction of sp³-hybridized carbons (Fsp3) is 0.238. The van der Waals surface area contributed by atoms with Crippen molar-refractivity contribution in [2.45, 2.75) is 20.0 Å². The number of hydrogen-bond donors (Lipinski definition) is 1. The van der Waals surface area contributed by atoms with Crippen LogP contribution in [0.1, 0.15) is 16.8 Å². The Morgan fingerprint density at radius 1 is 1.07 bits per heavy atom. The number of thiazole rings is 1. The van der Waals surface area contributed by atoms with Gasteiger partial charge in [-0.1, -0.05) is 23.8 Å². The van der Waals surface area contributed by atoms with E-state index in [1.165, 1.54) is 16.9 Å². The molecule has 0 spiro atoms. The fourth-order valence-corrected chi connectivity index (χ4v) is 3.27. The molecule has 0 unspecified atom stereocenters. The Labute approximate surface area is 168 Å². The minimum absolute atomic E-state index is 0.137. The van der Waals surface area contributed by atoms with E-state index >= 15 is 0 Å². The third kappa shape index (κ3) is 5.23. The molecule has 3 rings (SSSR count). The van der Waals surface area contributed by atoms with Gasteiger partial charge in [-0.05, 0) is 36.8 Å². The largest absolute Gasteiger partial charge is 0.493 e. The van der Waals surface area contributed by atoms with Crippen molar-refractivity contribution in [2.75, 3.05) is 19.5 Å². The van der Waals surface area contributed by atoms with Gasteiger partial charge in [0.25, 0.3) is 0 Å². The van der Waals surface area contributed by atoms with E-state index in [9.17, 15) is 4.79 Å². The molecule has 1 N–H and O–H groups in total. The van der Waals surface area contributed by atoms with Gasteiger partial charge in [-0.15, -0.1) is 11.3 Å². The Hall–Kier alpha value is -3.06. The van der Waals surface area contributed by atoms with Crippen LogP contribution in [0.25, 0.3) is 0 Å². The lowest BCUT2D eigenvalue weighted by Gasteiger charge is -2.09. The Morgan fingerprint density at radius 3 is 2.54 bits per heavy atom. The highest BCUT2D eigenvalue weighted by atomic mass is 32.1. The lowest BCUT2D eigenvalue weighted by Crippen LogP contribution is -2.08. The molecule has 3 aromatic rings. The van der Waals surface area contributed by atoms with Crippen LogP contribution in [0.5, 0.6) is 11.5 Å². The number of rotatable bonds is 8. The quantitative estimate of drug-likeness (QED) is 0.564. The van der Waals surface area contributed by atoms with E-state index in [0.717, 1.165) is 16.4 Å². The molecule has 0 aliphatic rings. The average molecular weight is 398 g/mol. The van der Waals surface area contributed by atoms with Gasteiger partial charge in [0.1, 0.15) is 6.61 Å². The van der Waals surface area contributed by atoms with Crippen molar-refractivity contribution in [1.82, 2.24) is 4.98 Å². The first-order valence-corrected chi connectivity index (χ1v) is 9.60. The Bertz CT molecular complexity index is 938. The van der Waals surface area contributed by atoms with Crippen molar-refractivity contribution in [3.63, 3.8) is 0 Å². The predicted octanol–water partition coefficient (Wildman–Crippen LogP) is 4.50. The summed E-state index contributed by atoms with van der Waals surface area (Å²) in [6.45, 7) is 2.18. The highest BCUT2D eigenvalue weighted by molar-refractivity contribution is 7.13. The number of anilines is 2. The van der Waals surface area contributed by atoms with Gasteiger partial charge in [-0.25, -0.2) is 4.98 Å².